The van der Waals surface area contributed by atoms with Crippen molar-refractivity contribution in [2.45, 2.75) is 32.2 Å². The highest BCUT2D eigenvalue weighted by Gasteiger charge is 2.10. The van der Waals surface area contributed by atoms with Gasteiger partial charge in [-0.1, -0.05) is 6.92 Å². The third kappa shape index (κ3) is 6.06. The summed E-state index contributed by atoms with van der Waals surface area (Å²) in [5, 5.41) is 0. The summed E-state index contributed by atoms with van der Waals surface area (Å²) in [5.74, 6) is 2.01. The van der Waals surface area contributed by atoms with Crippen LogP contribution in [0.15, 0.2) is 21.1 Å². The van der Waals surface area contributed by atoms with E-state index >= 15 is 0 Å². The average molecular weight is 411 g/mol. The second-order valence-corrected chi connectivity index (χ2v) is 7.15. The Balaban J connectivity index is 2.68. The number of ether oxygens (including phenoxy) is 1. The van der Waals surface area contributed by atoms with Crippen LogP contribution in [-0.4, -0.2) is 24.7 Å². The second kappa shape index (κ2) is 9.27. The second-order valence-electron chi connectivity index (χ2n) is 4.46. The van der Waals surface area contributed by atoms with E-state index < -0.39 is 0 Å². The first-order valence-corrected chi connectivity index (χ1v) is 9.41. The van der Waals surface area contributed by atoms with Gasteiger partial charge in [-0.25, -0.2) is 0 Å². The minimum Gasteiger partial charge on any atom is -0.491 e. The van der Waals surface area contributed by atoms with E-state index in [2.05, 4.69) is 57.2 Å². The third-order valence-corrected chi connectivity index (χ3v) is 4.69. The van der Waals surface area contributed by atoms with Crippen molar-refractivity contribution in [2.24, 2.45) is 5.73 Å². The number of nitrogens with two attached hydrogens (primary N) is 1. The molecule has 19 heavy (non-hydrogen) atoms. The van der Waals surface area contributed by atoms with E-state index in [9.17, 15) is 0 Å². The zero-order valence-electron chi connectivity index (χ0n) is 11.4. The van der Waals surface area contributed by atoms with E-state index in [4.69, 9.17) is 10.5 Å². The van der Waals surface area contributed by atoms with Gasteiger partial charge in [0.05, 0.1) is 15.6 Å². The topological polar surface area (TPSA) is 35.2 Å². The monoisotopic (exact) mass is 409 g/mol. The maximum Gasteiger partial charge on any atom is 0.147 e. The van der Waals surface area contributed by atoms with Crippen LogP contribution in [0.4, 0.5) is 0 Å². The van der Waals surface area contributed by atoms with Crippen molar-refractivity contribution in [3.05, 3.63) is 26.6 Å². The van der Waals surface area contributed by atoms with Gasteiger partial charge in [0.2, 0.25) is 0 Å². The zero-order chi connectivity index (χ0) is 14.3. The Labute approximate surface area is 137 Å². The molecular weight excluding hydrogens is 390 g/mol. The van der Waals surface area contributed by atoms with Crippen LogP contribution < -0.4 is 10.5 Å². The minimum atomic E-state index is 0.215. The molecule has 0 heterocycles. The van der Waals surface area contributed by atoms with Gasteiger partial charge in [0.1, 0.15) is 5.75 Å². The Kier molecular flexibility index (Phi) is 8.46. The van der Waals surface area contributed by atoms with Crippen molar-refractivity contribution in [2.75, 3.05) is 18.6 Å². The quantitative estimate of drug-likeness (QED) is 0.634. The van der Waals surface area contributed by atoms with E-state index in [0.29, 0.717) is 0 Å². The molecule has 0 saturated heterocycles. The Bertz CT molecular complexity index is 378. The zero-order valence-corrected chi connectivity index (χ0v) is 15.4. The molecule has 0 aliphatic heterocycles. The fourth-order valence-electron chi connectivity index (χ4n) is 1.69. The highest BCUT2D eigenvalue weighted by molar-refractivity contribution is 9.11. The molecule has 1 aromatic carbocycles. The van der Waals surface area contributed by atoms with Crippen LogP contribution in [0.2, 0.25) is 0 Å². The molecule has 0 aromatic heterocycles. The Morgan fingerprint density at radius 1 is 1.32 bits per heavy atom. The lowest BCUT2D eigenvalue weighted by Gasteiger charge is -2.14. The molecule has 0 spiro atoms. The number of halogens is 2. The molecule has 0 radical (unpaired) electrons. The lowest BCUT2D eigenvalue weighted by molar-refractivity contribution is 0.314. The first-order chi connectivity index (χ1) is 9.08. The van der Waals surface area contributed by atoms with Crippen molar-refractivity contribution in [3.63, 3.8) is 0 Å². The van der Waals surface area contributed by atoms with Crippen molar-refractivity contribution in [3.8, 4) is 5.75 Å². The van der Waals surface area contributed by atoms with Crippen LogP contribution in [0.25, 0.3) is 0 Å². The molecule has 1 atom stereocenters. The van der Waals surface area contributed by atoms with Crippen molar-refractivity contribution < 1.29 is 4.74 Å². The van der Waals surface area contributed by atoms with E-state index in [1.54, 1.807) is 0 Å². The smallest absolute Gasteiger partial charge is 0.147 e. The van der Waals surface area contributed by atoms with Gasteiger partial charge in [0.25, 0.3) is 0 Å². The predicted molar refractivity (Wildman–Crippen MR) is 92.3 cm³/mol. The highest BCUT2D eigenvalue weighted by Crippen LogP contribution is 2.35. The van der Waals surface area contributed by atoms with E-state index in [0.717, 1.165) is 46.3 Å². The molecule has 0 aliphatic rings. The lowest BCUT2D eigenvalue weighted by atomic mass is 10.0. The summed E-state index contributed by atoms with van der Waals surface area (Å²) in [4.78, 5) is 0. The molecule has 2 nitrogen and oxygen atoms in total. The van der Waals surface area contributed by atoms with Crippen LogP contribution in [-0.2, 0) is 6.42 Å². The van der Waals surface area contributed by atoms with Gasteiger partial charge >= 0.3 is 0 Å². The summed E-state index contributed by atoms with van der Waals surface area (Å²) >= 11 is 9.00. The molecule has 5 heteroatoms. The van der Waals surface area contributed by atoms with E-state index in [-0.39, 0.29) is 6.04 Å². The first-order valence-electron chi connectivity index (χ1n) is 6.43. The van der Waals surface area contributed by atoms with Crippen LogP contribution in [0.1, 0.15) is 25.3 Å². The number of benzene rings is 1. The van der Waals surface area contributed by atoms with Gasteiger partial charge in [-0.15, -0.1) is 0 Å². The summed E-state index contributed by atoms with van der Waals surface area (Å²) in [7, 11) is 0. The van der Waals surface area contributed by atoms with Gasteiger partial charge in [-0.05, 0) is 80.8 Å². The van der Waals surface area contributed by atoms with Gasteiger partial charge in [-0.3, -0.25) is 0 Å². The first kappa shape index (κ1) is 17.3. The normalized spacial score (nSPS) is 12.5. The lowest BCUT2D eigenvalue weighted by Crippen LogP contribution is -2.21. The molecular formula is C14H21Br2NOS. The van der Waals surface area contributed by atoms with Gasteiger partial charge in [0.15, 0.2) is 0 Å². The van der Waals surface area contributed by atoms with Crippen molar-refractivity contribution >= 4 is 43.6 Å². The summed E-state index contributed by atoms with van der Waals surface area (Å²) < 4.78 is 7.80. The number of thioether (sulfide) groups is 1. The molecule has 0 aliphatic carbocycles. The van der Waals surface area contributed by atoms with Gasteiger partial charge in [-0.2, -0.15) is 11.8 Å². The van der Waals surface area contributed by atoms with Crippen molar-refractivity contribution in [1.82, 2.24) is 0 Å². The number of rotatable bonds is 8. The van der Waals surface area contributed by atoms with E-state index in [1.165, 1.54) is 5.56 Å². The van der Waals surface area contributed by atoms with Gasteiger partial charge < -0.3 is 10.5 Å². The summed E-state index contributed by atoms with van der Waals surface area (Å²) in [6.45, 7) is 2.85. The largest absolute Gasteiger partial charge is 0.491 e. The average Bonchev–Trinajstić information content (AvgIpc) is 2.37. The van der Waals surface area contributed by atoms with Crippen LogP contribution in [0.3, 0.4) is 0 Å². The van der Waals surface area contributed by atoms with Gasteiger partial charge in [0, 0.05) is 6.04 Å². The maximum absolute atomic E-state index is 5.99. The minimum absolute atomic E-state index is 0.215. The molecule has 0 amide bonds. The predicted octanol–water partition coefficient (Wildman–Crippen LogP) is 4.62. The molecule has 1 rings (SSSR count). The standard InChI is InChI=1S/C14H21Br2NOS/c1-3-11(17)7-10-8-12(15)14(13(16)9-10)18-5-4-6-19-2/h8-9,11H,3-7,17H2,1-2H3. The molecule has 1 aromatic rings. The molecule has 0 bridgehead atoms. The van der Waals surface area contributed by atoms with E-state index in [1.807, 2.05) is 11.8 Å². The summed E-state index contributed by atoms with van der Waals surface area (Å²) in [5.41, 5.74) is 7.22. The fraction of sp³-hybridized carbons (Fsp3) is 0.571. The van der Waals surface area contributed by atoms with Crippen LogP contribution >= 0.6 is 43.6 Å². The van der Waals surface area contributed by atoms with Crippen molar-refractivity contribution in [1.29, 1.82) is 0 Å². The number of hydrogen-bond donors (Lipinski definition) is 1. The SMILES string of the molecule is CCC(N)Cc1cc(Br)c(OCCCSC)c(Br)c1. The molecule has 0 fully saturated rings. The summed E-state index contributed by atoms with van der Waals surface area (Å²) in [6, 6.07) is 4.42. The molecule has 0 saturated carbocycles. The molecule has 2 N–H and O–H groups in total. The maximum atomic E-state index is 5.99. The Hall–Kier alpha value is 0.290. The Morgan fingerprint density at radius 3 is 2.47 bits per heavy atom. The molecule has 108 valence electrons. The molecule has 1 unspecified atom stereocenters. The Morgan fingerprint density at radius 2 is 1.95 bits per heavy atom. The van der Waals surface area contributed by atoms with Crippen LogP contribution in [0.5, 0.6) is 5.75 Å². The summed E-state index contributed by atoms with van der Waals surface area (Å²) in [6.07, 6.45) is 5.04. The number of hydrogen-bond acceptors (Lipinski definition) is 3. The van der Waals surface area contributed by atoms with Crippen LogP contribution in [0, 0.1) is 0 Å². The third-order valence-electron chi connectivity index (χ3n) is 2.82. The highest BCUT2D eigenvalue weighted by atomic mass is 79.9. The fourth-order valence-corrected chi connectivity index (χ4v) is 3.61.